The molecule has 5 heteroatoms. The summed E-state index contributed by atoms with van der Waals surface area (Å²) in [4.78, 5) is 5.58. The lowest BCUT2D eigenvalue weighted by Gasteiger charge is -2.11. The number of nitrogens with zero attached hydrogens (tertiary/aromatic N) is 2. The number of aryl methyl sites for hydroxylation is 2. The molecule has 0 unspecified atom stereocenters. The van der Waals surface area contributed by atoms with Crippen LogP contribution in [0.1, 0.15) is 37.1 Å². The summed E-state index contributed by atoms with van der Waals surface area (Å²) in [5.41, 5.74) is 4.83. The highest BCUT2D eigenvalue weighted by atomic mass is 35.5. The molecule has 0 amide bonds. The molecule has 0 atom stereocenters. The Labute approximate surface area is 101 Å². The Balaban J connectivity index is 1.84. The molecule has 1 heterocycles. The molecule has 1 fully saturated rings. The van der Waals surface area contributed by atoms with E-state index in [1.807, 2.05) is 14.0 Å². The lowest BCUT2D eigenvalue weighted by molar-refractivity contribution is -0.0253. The van der Waals surface area contributed by atoms with Gasteiger partial charge in [0.1, 0.15) is 0 Å². The second-order valence-electron chi connectivity index (χ2n) is 4.32. The van der Waals surface area contributed by atoms with Crippen LogP contribution in [0, 0.1) is 6.92 Å². The molecule has 0 bridgehead atoms. The summed E-state index contributed by atoms with van der Waals surface area (Å²) in [6.07, 6.45) is 5.24. The van der Waals surface area contributed by atoms with Crippen LogP contribution < -0.4 is 5.48 Å². The van der Waals surface area contributed by atoms with E-state index in [1.165, 1.54) is 12.8 Å². The minimum absolute atomic E-state index is 0.369. The molecule has 2 rings (SSSR count). The summed E-state index contributed by atoms with van der Waals surface area (Å²) in [5, 5.41) is 4.98. The molecule has 0 spiro atoms. The molecule has 4 nitrogen and oxygen atoms in total. The molecule has 0 radical (unpaired) electrons. The zero-order valence-electron chi connectivity index (χ0n) is 9.79. The van der Waals surface area contributed by atoms with Crippen LogP contribution in [0.5, 0.6) is 0 Å². The Morgan fingerprint density at radius 2 is 2.19 bits per heavy atom. The summed E-state index contributed by atoms with van der Waals surface area (Å²) in [5.74, 6) is 0. The van der Waals surface area contributed by atoms with Crippen molar-refractivity contribution >= 4 is 11.6 Å². The molecule has 0 aliphatic heterocycles. The van der Waals surface area contributed by atoms with E-state index in [-0.39, 0.29) is 0 Å². The van der Waals surface area contributed by atoms with Crippen molar-refractivity contribution in [3.8, 4) is 0 Å². The number of halogens is 1. The van der Waals surface area contributed by atoms with Gasteiger partial charge in [-0.1, -0.05) is 24.4 Å². The summed E-state index contributed by atoms with van der Waals surface area (Å²) in [7, 11) is 1.89. The first-order valence-corrected chi connectivity index (χ1v) is 6.12. The van der Waals surface area contributed by atoms with Crippen LogP contribution in [-0.4, -0.2) is 15.9 Å². The molecule has 1 aromatic rings. The third-order valence-electron chi connectivity index (χ3n) is 3.05. The Hall–Kier alpha value is -0.580. The van der Waals surface area contributed by atoms with Crippen LogP contribution in [0.4, 0.5) is 0 Å². The Bertz CT molecular complexity index is 358. The van der Waals surface area contributed by atoms with E-state index in [4.69, 9.17) is 16.4 Å². The van der Waals surface area contributed by atoms with Gasteiger partial charge in [0.05, 0.1) is 29.1 Å². The minimum atomic E-state index is 0.369. The molecule has 0 saturated heterocycles. The van der Waals surface area contributed by atoms with Crippen molar-refractivity contribution in [1.29, 1.82) is 0 Å². The topological polar surface area (TPSA) is 39.1 Å². The summed E-state index contributed by atoms with van der Waals surface area (Å²) in [6.45, 7) is 2.51. The van der Waals surface area contributed by atoms with Gasteiger partial charge in [-0.05, 0) is 19.8 Å². The van der Waals surface area contributed by atoms with Crippen molar-refractivity contribution in [2.75, 3.05) is 0 Å². The largest absolute Gasteiger partial charge is 0.298 e. The van der Waals surface area contributed by atoms with E-state index in [1.54, 1.807) is 4.68 Å². The molecular weight excluding hydrogens is 226 g/mol. The van der Waals surface area contributed by atoms with E-state index in [9.17, 15) is 0 Å². The summed E-state index contributed by atoms with van der Waals surface area (Å²) < 4.78 is 1.79. The third-order valence-corrected chi connectivity index (χ3v) is 3.55. The first kappa shape index (κ1) is 11.9. The van der Waals surface area contributed by atoms with Crippen molar-refractivity contribution in [1.82, 2.24) is 15.3 Å². The molecule has 1 N–H and O–H groups in total. The maximum atomic E-state index is 6.13. The van der Waals surface area contributed by atoms with Crippen molar-refractivity contribution in [2.45, 2.75) is 45.3 Å². The number of hydrogen-bond acceptors (Lipinski definition) is 3. The summed E-state index contributed by atoms with van der Waals surface area (Å²) in [6, 6.07) is 0. The first-order chi connectivity index (χ1) is 7.68. The molecule has 16 heavy (non-hydrogen) atoms. The van der Waals surface area contributed by atoms with Gasteiger partial charge in [-0.15, -0.1) is 0 Å². The highest BCUT2D eigenvalue weighted by Crippen LogP contribution is 2.21. The fourth-order valence-corrected chi connectivity index (χ4v) is 2.33. The second kappa shape index (κ2) is 5.17. The zero-order valence-corrected chi connectivity index (χ0v) is 10.5. The summed E-state index contributed by atoms with van der Waals surface area (Å²) >= 11 is 6.13. The number of hydroxylamine groups is 1. The smallest absolute Gasteiger partial charge is 0.0861 e. The first-order valence-electron chi connectivity index (χ1n) is 5.75. The predicted octanol–water partition coefficient (Wildman–Crippen LogP) is 2.35. The van der Waals surface area contributed by atoms with Crippen molar-refractivity contribution in [3.63, 3.8) is 0 Å². The monoisotopic (exact) mass is 243 g/mol. The van der Waals surface area contributed by atoms with Crippen LogP contribution in [0.15, 0.2) is 0 Å². The number of nitrogens with one attached hydrogen (secondary N) is 1. The van der Waals surface area contributed by atoms with Crippen molar-refractivity contribution in [2.24, 2.45) is 7.05 Å². The molecule has 1 aliphatic rings. The molecule has 0 aromatic carbocycles. The molecule has 90 valence electrons. The SMILES string of the molecule is Cc1nn(C)c(CNOC2CCCC2)c1Cl. The highest BCUT2D eigenvalue weighted by Gasteiger charge is 2.16. The quantitative estimate of drug-likeness (QED) is 0.826. The van der Waals surface area contributed by atoms with E-state index in [0.29, 0.717) is 12.6 Å². The average molecular weight is 244 g/mol. The van der Waals surface area contributed by atoms with Crippen LogP contribution in [-0.2, 0) is 18.4 Å². The van der Waals surface area contributed by atoms with Gasteiger partial charge >= 0.3 is 0 Å². The Kier molecular flexibility index (Phi) is 3.84. The fraction of sp³-hybridized carbons (Fsp3) is 0.727. The highest BCUT2D eigenvalue weighted by molar-refractivity contribution is 6.31. The van der Waals surface area contributed by atoms with Crippen LogP contribution in [0.2, 0.25) is 5.02 Å². The van der Waals surface area contributed by atoms with Crippen molar-refractivity contribution in [3.05, 3.63) is 16.4 Å². The zero-order chi connectivity index (χ0) is 11.5. The van der Waals surface area contributed by atoms with E-state index in [2.05, 4.69) is 10.6 Å². The lowest BCUT2D eigenvalue weighted by Crippen LogP contribution is -2.22. The maximum Gasteiger partial charge on any atom is 0.0861 e. The third kappa shape index (κ3) is 2.56. The van der Waals surface area contributed by atoms with Crippen LogP contribution in [0.25, 0.3) is 0 Å². The van der Waals surface area contributed by atoms with Gasteiger partial charge in [0.25, 0.3) is 0 Å². The van der Waals surface area contributed by atoms with E-state index < -0.39 is 0 Å². The normalized spacial score (nSPS) is 17.2. The predicted molar refractivity (Wildman–Crippen MR) is 63.1 cm³/mol. The number of hydrogen-bond donors (Lipinski definition) is 1. The van der Waals surface area contributed by atoms with Gasteiger partial charge in [0, 0.05) is 7.05 Å². The van der Waals surface area contributed by atoms with E-state index in [0.717, 1.165) is 29.3 Å². The molecule has 1 aromatic heterocycles. The second-order valence-corrected chi connectivity index (χ2v) is 4.69. The molecule has 1 aliphatic carbocycles. The Morgan fingerprint density at radius 3 is 2.75 bits per heavy atom. The van der Waals surface area contributed by atoms with Gasteiger partial charge in [0.15, 0.2) is 0 Å². The van der Waals surface area contributed by atoms with Crippen LogP contribution in [0.3, 0.4) is 0 Å². The standard InChI is InChI=1S/C11H18ClN3O/c1-8-11(12)10(15(2)14-8)7-13-16-9-5-3-4-6-9/h9,13H,3-7H2,1-2H3. The van der Waals surface area contributed by atoms with Crippen molar-refractivity contribution < 1.29 is 4.84 Å². The number of rotatable bonds is 4. The lowest BCUT2D eigenvalue weighted by atomic mass is 10.3. The van der Waals surface area contributed by atoms with Gasteiger partial charge in [-0.3, -0.25) is 9.52 Å². The minimum Gasteiger partial charge on any atom is -0.298 e. The molecule has 1 saturated carbocycles. The van der Waals surface area contributed by atoms with Gasteiger partial charge in [-0.2, -0.15) is 10.6 Å². The number of aromatic nitrogens is 2. The average Bonchev–Trinajstić information content (AvgIpc) is 2.82. The Morgan fingerprint density at radius 1 is 1.50 bits per heavy atom. The maximum absolute atomic E-state index is 6.13. The van der Waals surface area contributed by atoms with Gasteiger partial charge in [0.2, 0.25) is 0 Å². The van der Waals surface area contributed by atoms with Crippen LogP contribution >= 0.6 is 11.6 Å². The van der Waals surface area contributed by atoms with Gasteiger partial charge < -0.3 is 0 Å². The van der Waals surface area contributed by atoms with Gasteiger partial charge in [-0.25, -0.2) is 0 Å². The molecular formula is C11H18ClN3O. The fourth-order valence-electron chi connectivity index (χ4n) is 2.11. The van der Waals surface area contributed by atoms with E-state index >= 15 is 0 Å².